The van der Waals surface area contributed by atoms with E-state index in [0.29, 0.717) is 6.42 Å². The summed E-state index contributed by atoms with van der Waals surface area (Å²) in [6.45, 7) is 0.106. The summed E-state index contributed by atoms with van der Waals surface area (Å²) >= 11 is 0. The molecule has 0 bridgehead atoms. The molecule has 0 radical (unpaired) electrons. The van der Waals surface area contributed by atoms with Crippen LogP contribution in [0.5, 0.6) is 0 Å². The molecule has 0 saturated heterocycles. The summed E-state index contributed by atoms with van der Waals surface area (Å²) in [7, 11) is 0. The monoisotopic (exact) mass is 191 g/mol. The van der Waals surface area contributed by atoms with Crippen LogP contribution in [-0.4, -0.2) is 21.7 Å². The van der Waals surface area contributed by atoms with Crippen molar-refractivity contribution in [3.63, 3.8) is 0 Å². The number of aliphatic hydroxyl groups is 1. The predicted molar refractivity (Wildman–Crippen MR) is 54.7 cm³/mol. The maximum absolute atomic E-state index is 8.77. The molecule has 2 aromatic rings. The number of fused-ring (bicyclic) bond motifs is 1. The quantitative estimate of drug-likeness (QED) is 0.676. The lowest BCUT2D eigenvalue weighted by atomic mass is 10.1. The number of rotatable bonds is 3. The Morgan fingerprint density at radius 2 is 2.43 bits per heavy atom. The molecule has 0 fully saturated rings. The molecule has 0 aliphatic heterocycles. The Labute approximate surface area is 81.8 Å². The molecule has 0 amide bonds. The highest BCUT2D eigenvalue weighted by molar-refractivity contribution is 5.79. The van der Waals surface area contributed by atoms with E-state index in [9.17, 15) is 0 Å². The second-order valence-electron chi connectivity index (χ2n) is 3.31. The van der Waals surface area contributed by atoms with Crippen LogP contribution in [0.1, 0.15) is 18.2 Å². The average Bonchev–Trinajstić information content (AvgIpc) is 2.61. The van der Waals surface area contributed by atoms with Gasteiger partial charge in [0.2, 0.25) is 0 Å². The average molecular weight is 191 g/mol. The molecule has 4 heteroatoms. The van der Waals surface area contributed by atoms with Gasteiger partial charge in [-0.1, -0.05) is 0 Å². The highest BCUT2D eigenvalue weighted by Crippen LogP contribution is 2.19. The van der Waals surface area contributed by atoms with Crippen LogP contribution in [0.25, 0.3) is 10.9 Å². The minimum absolute atomic E-state index is 0.106. The van der Waals surface area contributed by atoms with Crippen LogP contribution >= 0.6 is 0 Å². The van der Waals surface area contributed by atoms with Gasteiger partial charge in [0, 0.05) is 29.9 Å². The first kappa shape index (κ1) is 9.18. The van der Waals surface area contributed by atoms with Crippen LogP contribution in [0, 0.1) is 0 Å². The van der Waals surface area contributed by atoms with Gasteiger partial charge in [0.15, 0.2) is 0 Å². The van der Waals surface area contributed by atoms with E-state index in [1.54, 1.807) is 12.4 Å². The second-order valence-corrected chi connectivity index (χ2v) is 3.31. The zero-order valence-corrected chi connectivity index (χ0v) is 7.77. The number of aliphatic hydroxyl groups excluding tert-OH is 1. The third kappa shape index (κ3) is 1.62. The number of aromatic nitrogens is 2. The van der Waals surface area contributed by atoms with Crippen LogP contribution in [0.2, 0.25) is 0 Å². The topological polar surface area (TPSA) is 74.9 Å². The zero-order valence-electron chi connectivity index (χ0n) is 7.77. The normalized spacial score (nSPS) is 13.3. The third-order valence-electron chi connectivity index (χ3n) is 2.28. The molecule has 2 heterocycles. The number of H-pyrrole nitrogens is 1. The number of hydrogen-bond acceptors (Lipinski definition) is 3. The van der Waals surface area contributed by atoms with Gasteiger partial charge in [-0.25, -0.2) is 0 Å². The first-order chi connectivity index (χ1) is 6.81. The first-order valence-corrected chi connectivity index (χ1v) is 4.60. The molecule has 0 aliphatic rings. The van der Waals surface area contributed by atoms with Crippen LogP contribution < -0.4 is 5.73 Å². The van der Waals surface area contributed by atoms with Gasteiger partial charge < -0.3 is 15.8 Å². The largest absolute Gasteiger partial charge is 0.396 e. The highest BCUT2D eigenvalue weighted by atomic mass is 16.3. The van der Waals surface area contributed by atoms with Gasteiger partial charge in [0.05, 0.1) is 11.7 Å². The number of hydrogen-bond donors (Lipinski definition) is 3. The number of pyridine rings is 1. The standard InChI is InChI=1S/C10H13N3O/c11-8(2-4-14)9-5-7-1-3-12-6-10(7)13-9/h1,3,5-6,8,13-14H,2,4,11H2/t8-/m1/s1. The molecule has 0 saturated carbocycles. The molecule has 0 aromatic carbocycles. The maximum Gasteiger partial charge on any atom is 0.0643 e. The van der Waals surface area contributed by atoms with E-state index in [1.165, 1.54) is 0 Å². The Morgan fingerprint density at radius 1 is 1.57 bits per heavy atom. The summed E-state index contributed by atoms with van der Waals surface area (Å²) in [5.41, 5.74) is 7.79. The predicted octanol–water partition coefficient (Wildman–Crippen LogP) is 0.945. The van der Waals surface area contributed by atoms with Crippen LogP contribution in [0.15, 0.2) is 24.5 Å². The van der Waals surface area contributed by atoms with Crippen molar-refractivity contribution >= 4 is 10.9 Å². The molecule has 0 spiro atoms. The summed E-state index contributed by atoms with van der Waals surface area (Å²) < 4.78 is 0. The first-order valence-electron chi connectivity index (χ1n) is 4.60. The van der Waals surface area contributed by atoms with Crippen molar-refractivity contribution in [1.82, 2.24) is 9.97 Å². The van der Waals surface area contributed by atoms with Crippen molar-refractivity contribution in [3.05, 3.63) is 30.2 Å². The van der Waals surface area contributed by atoms with Crippen molar-refractivity contribution in [2.45, 2.75) is 12.5 Å². The number of nitrogens with zero attached hydrogens (tertiary/aromatic N) is 1. The Balaban J connectivity index is 2.35. The van der Waals surface area contributed by atoms with Crippen LogP contribution in [0.4, 0.5) is 0 Å². The molecule has 2 rings (SSSR count). The van der Waals surface area contributed by atoms with E-state index < -0.39 is 0 Å². The second kappa shape index (κ2) is 3.77. The van der Waals surface area contributed by atoms with Gasteiger partial charge in [-0.2, -0.15) is 0 Å². The van der Waals surface area contributed by atoms with Gasteiger partial charge in [-0.05, 0) is 18.6 Å². The summed E-state index contributed by atoms with van der Waals surface area (Å²) in [4.78, 5) is 7.19. The fourth-order valence-corrected chi connectivity index (χ4v) is 1.49. The van der Waals surface area contributed by atoms with Gasteiger partial charge >= 0.3 is 0 Å². The summed E-state index contributed by atoms with van der Waals surface area (Å²) in [5, 5.41) is 9.87. The SMILES string of the molecule is N[C@H](CCO)c1cc2ccncc2[nH]1. The summed E-state index contributed by atoms with van der Waals surface area (Å²) in [6.07, 6.45) is 4.09. The van der Waals surface area contributed by atoms with E-state index in [-0.39, 0.29) is 12.6 Å². The molecule has 4 N–H and O–H groups in total. The van der Waals surface area contributed by atoms with E-state index in [4.69, 9.17) is 10.8 Å². The molecule has 14 heavy (non-hydrogen) atoms. The number of nitrogens with one attached hydrogen (secondary N) is 1. The molecule has 4 nitrogen and oxygen atoms in total. The van der Waals surface area contributed by atoms with E-state index in [1.807, 2.05) is 12.1 Å². The fraction of sp³-hybridized carbons (Fsp3) is 0.300. The summed E-state index contributed by atoms with van der Waals surface area (Å²) in [6, 6.07) is 3.80. The molecule has 0 unspecified atom stereocenters. The number of nitrogens with two attached hydrogens (primary N) is 1. The van der Waals surface area contributed by atoms with Gasteiger partial charge in [-0.3, -0.25) is 4.98 Å². The number of aromatic amines is 1. The fourth-order valence-electron chi connectivity index (χ4n) is 1.49. The zero-order chi connectivity index (χ0) is 9.97. The molecular formula is C10H13N3O. The van der Waals surface area contributed by atoms with E-state index >= 15 is 0 Å². The molecule has 1 atom stereocenters. The lowest BCUT2D eigenvalue weighted by Gasteiger charge is -2.06. The highest BCUT2D eigenvalue weighted by Gasteiger charge is 2.08. The van der Waals surface area contributed by atoms with Gasteiger partial charge in [0.25, 0.3) is 0 Å². The van der Waals surface area contributed by atoms with Crippen LogP contribution in [-0.2, 0) is 0 Å². The van der Waals surface area contributed by atoms with Crippen molar-refractivity contribution < 1.29 is 5.11 Å². The Hall–Kier alpha value is -1.39. The minimum atomic E-state index is -0.132. The molecule has 0 aliphatic carbocycles. The smallest absolute Gasteiger partial charge is 0.0643 e. The molecule has 74 valence electrons. The maximum atomic E-state index is 8.77. The van der Waals surface area contributed by atoms with Gasteiger partial charge in [0.1, 0.15) is 0 Å². The van der Waals surface area contributed by atoms with Crippen molar-refractivity contribution in [3.8, 4) is 0 Å². The van der Waals surface area contributed by atoms with Crippen molar-refractivity contribution in [1.29, 1.82) is 0 Å². The third-order valence-corrected chi connectivity index (χ3v) is 2.28. The molecular weight excluding hydrogens is 178 g/mol. The molecule has 2 aromatic heterocycles. The Bertz CT molecular complexity index is 391. The van der Waals surface area contributed by atoms with E-state index in [2.05, 4.69) is 9.97 Å². The Kier molecular flexibility index (Phi) is 2.47. The lowest BCUT2D eigenvalue weighted by Crippen LogP contribution is -2.11. The Morgan fingerprint density at radius 3 is 3.14 bits per heavy atom. The minimum Gasteiger partial charge on any atom is -0.396 e. The van der Waals surface area contributed by atoms with E-state index in [0.717, 1.165) is 16.6 Å². The summed E-state index contributed by atoms with van der Waals surface area (Å²) in [5.74, 6) is 0. The lowest BCUT2D eigenvalue weighted by molar-refractivity contribution is 0.276. The van der Waals surface area contributed by atoms with Gasteiger partial charge in [-0.15, -0.1) is 0 Å². The van der Waals surface area contributed by atoms with Crippen molar-refractivity contribution in [2.75, 3.05) is 6.61 Å². The van der Waals surface area contributed by atoms with Crippen molar-refractivity contribution in [2.24, 2.45) is 5.73 Å². The van der Waals surface area contributed by atoms with Crippen LogP contribution in [0.3, 0.4) is 0 Å².